The molecule has 2 heterocycles. The first-order chi connectivity index (χ1) is 13.6. The Morgan fingerprint density at radius 2 is 1.93 bits per heavy atom. The Labute approximate surface area is 168 Å². The van der Waals surface area contributed by atoms with Crippen molar-refractivity contribution in [2.75, 3.05) is 19.6 Å². The highest BCUT2D eigenvalue weighted by Gasteiger charge is 2.20. The average molecular weight is 383 g/mol. The topological polar surface area (TPSA) is 67.1 Å². The lowest BCUT2D eigenvalue weighted by Gasteiger charge is -2.24. The number of fused-ring (bicyclic) bond motifs is 1. The summed E-state index contributed by atoms with van der Waals surface area (Å²) >= 11 is 0. The van der Waals surface area contributed by atoms with Crippen LogP contribution >= 0.6 is 0 Å². The van der Waals surface area contributed by atoms with Crippen LogP contribution in [0, 0.1) is 0 Å². The van der Waals surface area contributed by atoms with Gasteiger partial charge in [-0.2, -0.15) is 0 Å². The zero-order valence-corrected chi connectivity index (χ0v) is 17.5. The summed E-state index contributed by atoms with van der Waals surface area (Å²) in [6.07, 6.45) is 5.66. The van der Waals surface area contributed by atoms with E-state index < -0.39 is 0 Å². The molecule has 0 unspecified atom stereocenters. The van der Waals surface area contributed by atoms with Crippen LogP contribution in [0.15, 0.2) is 35.3 Å². The number of hydrogen-bond acceptors (Lipinski definition) is 3. The minimum atomic E-state index is -0.00601. The van der Waals surface area contributed by atoms with E-state index in [-0.39, 0.29) is 5.41 Å². The summed E-state index contributed by atoms with van der Waals surface area (Å²) in [4.78, 5) is 4.83. The molecule has 0 spiro atoms. The van der Waals surface area contributed by atoms with Crippen molar-refractivity contribution < 1.29 is 0 Å². The molecule has 0 radical (unpaired) electrons. The number of benzene rings is 1. The summed E-state index contributed by atoms with van der Waals surface area (Å²) in [5.41, 5.74) is 1.30. The van der Waals surface area contributed by atoms with Crippen molar-refractivity contribution in [2.45, 2.75) is 64.8 Å². The molecule has 0 saturated carbocycles. The maximum Gasteiger partial charge on any atom is 0.191 e. The predicted octanol–water partition coefficient (Wildman–Crippen LogP) is 3.08. The van der Waals surface area contributed by atoms with E-state index in [4.69, 9.17) is 4.99 Å². The first kappa shape index (κ1) is 20.4. The molecule has 1 aliphatic heterocycles. The van der Waals surface area contributed by atoms with Gasteiger partial charge in [0.15, 0.2) is 5.96 Å². The van der Waals surface area contributed by atoms with E-state index in [1.54, 1.807) is 0 Å². The molecule has 0 bridgehead atoms. The molecule has 28 heavy (non-hydrogen) atoms. The summed E-state index contributed by atoms with van der Waals surface area (Å²) in [5.74, 6) is 3.10. The molecule has 0 fully saturated rings. The quantitative estimate of drug-likeness (QED) is 0.570. The number of hydrogen-bond donors (Lipinski definition) is 2. The number of aromatic nitrogens is 3. The average Bonchev–Trinajstić information content (AvgIpc) is 2.93. The Morgan fingerprint density at radius 3 is 2.71 bits per heavy atom. The maximum atomic E-state index is 4.83. The van der Waals surface area contributed by atoms with Crippen LogP contribution in [-0.2, 0) is 24.8 Å². The van der Waals surface area contributed by atoms with Crippen LogP contribution in [0.4, 0.5) is 0 Å². The van der Waals surface area contributed by atoms with E-state index in [0.717, 1.165) is 56.6 Å². The lowest BCUT2D eigenvalue weighted by atomic mass is 9.85. The van der Waals surface area contributed by atoms with Gasteiger partial charge in [0.1, 0.15) is 11.6 Å². The third-order valence-corrected chi connectivity index (χ3v) is 5.36. The van der Waals surface area contributed by atoms with Crippen molar-refractivity contribution in [1.29, 1.82) is 0 Å². The fraction of sp³-hybridized carbons (Fsp3) is 0.591. The molecule has 152 valence electrons. The van der Waals surface area contributed by atoms with Crippen LogP contribution in [0.1, 0.15) is 57.2 Å². The van der Waals surface area contributed by atoms with Crippen LogP contribution in [0.3, 0.4) is 0 Å². The predicted molar refractivity (Wildman–Crippen MR) is 115 cm³/mol. The SMILES string of the molecule is CCNC(=NCC(C)(C)c1ccccc1)NCCc1nnc2n1CCCCC2. The standard InChI is InChI=1S/C22H34N6/c1-4-23-21(25-17-22(2,3)18-11-7-5-8-12-18)24-15-14-20-27-26-19-13-9-6-10-16-28(19)20/h5,7-8,11-12H,4,6,9-10,13-17H2,1-3H3,(H2,23,24,25). The molecule has 1 aromatic carbocycles. The fourth-order valence-electron chi connectivity index (χ4n) is 3.62. The van der Waals surface area contributed by atoms with Crippen LogP contribution in [-0.4, -0.2) is 40.4 Å². The zero-order valence-electron chi connectivity index (χ0n) is 17.5. The van der Waals surface area contributed by atoms with Gasteiger partial charge in [-0.25, -0.2) is 0 Å². The lowest BCUT2D eigenvalue weighted by Crippen LogP contribution is -2.39. The van der Waals surface area contributed by atoms with Crippen LogP contribution in [0.25, 0.3) is 0 Å². The van der Waals surface area contributed by atoms with Crippen LogP contribution in [0.2, 0.25) is 0 Å². The van der Waals surface area contributed by atoms with Crippen molar-refractivity contribution in [3.05, 3.63) is 47.5 Å². The van der Waals surface area contributed by atoms with Crippen molar-refractivity contribution in [3.63, 3.8) is 0 Å². The molecule has 2 aromatic rings. The van der Waals surface area contributed by atoms with E-state index in [2.05, 4.69) is 76.5 Å². The van der Waals surface area contributed by atoms with Gasteiger partial charge in [0.05, 0.1) is 6.54 Å². The lowest BCUT2D eigenvalue weighted by molar-refractivity contribution is 0.537. The first-order valence-electron chi connectivity index (χ1n) is 10.6. The van der Waals surface area contributed by atoms with Gasteiger partial charge in [-0.3, -0.25) is 4.99 Å². The summed E-state index contributed by atoms with van der Waals surface area (Å²) in [6, 6.07) is 10.6. The van der Waals surface area contributed by atoms with Gasteiger partial charge in [0.2, 0.25) is 0 Å². The van der Waals surface area contributed by atoms with Gasteiger partial charge < -0.3 is 15.2 Å². The third-order valence-electron chi connectivity index (χ3n) is 5.36. The highest BCUT2D eigenvalue weighted by molar-refractivity contribution is 5.79. The van der Waals surface area contributed by atoms with Gasteiger partial charge in [0.25, 0.3) is 0 Å². The van der Waals surface area contributed by atoms with Crippen molar-refractivity contribution in [1.82, 2.24) is 25.4 Å². The Morgan fingerprint density at radius 1 is 1.11 bits per heavy atom. The van der Waals surface area contributed by atoms with E-state index in [0.29, 0.717) is 0 Å². The molecule has 0 atom stereocenters. The smallest absolute Gasteiger partial charge is 0.191 e. The monoisotopic (exact) mass is 382 g/mol. The summed E-state index contributed by atoms with van der Waals surface area (Å²) in [5, 5.41) is 15.6. The molecule has 1 aliphatic rings. The number of guanidine groups is 1. The van der Waals surface area contributed by atoms with Crippen molar-refractivity contribution in [3.8, 4) is 0 Å². The molecule has 6 nitrogen and oxygen atoms in total. The van der Waals surface area contributed by atoms with Gasteiger partial charge >= 0.3 is 0 Å². The van der Waals surface area contributed by atoms with Gasteiger partial charge in [-0.05, 0) is 25.3 Å². The largest absolute Gasteiger partial charge is 0.357 e. The number of nitrogens with one attached hydrogen (secondary N) is 2. The van der Waals surface area contributed by atoms with E-state index >= 15 is 0 Å². The summed E-state index contributed by atoms with van der Waals surface area (Å²) < 4.78 is 2.32. The summed E-state index contributed by atoms with van der Waals surface area (Å²) in [6.45, 7) is 10.00. The molecule has 0 amide bonds. The molecular formula is C22H34N6. The molecule has 0 aliphatic carbocycles. The second kappa shape index (κ2) is 9.71. The number of aliphatic imine (C=N–C) groups is 1. The van der Waals surface area contributed by atoms with Crippen LogP contribution in [0.5, 0.6) is 0 Å². The first-order valence-corrected chi connectivity index (χ1v) is 10.6. The number of aryl methyl sites for hydroxylation is 1. The molecule has 6 heteroatoms. The minimum Gasteiger partial charge on any atom is -0.357 e. The third kappa shape index (κ3) is 5.33. The molecule has 0 saturated heterocycles. The second-order valence-corrected chi connectivity index (χ2v) is 8.12. The minimum absolute atomic E-state index is 0.00601. The van der Waals surface area contributed by atoms with Gasteiger partial charge in [-0.15, -0.1) is 10.2 Å². The fourth-order valence-corrected chi connectivity index (χ4v) is 3.62. The molecule has 3 rings (SSSR count). The Balaban J connectivity index is 1.57. The molecule has 2 N–H and O–H groups in total. The highest BCUT2D eigenvalue weighted by Crippen LogP contribution is 2.23. The number of rotatable bonds is 7. The van der Waals surface area contributed by atoms with Crippen molar-refractivity contribution >= 4 is 5.96 Å². The Hall–Kier alpha value is -2.37. The Kier molecular flexibility index (Phi) is 7.06. The molecular weight excluding hydrogens is 348 g/mol. The molecule has 1 aromatic heterocycles. The van der Waals surface area contributed by atoms with Gasteiger partial charge in [-0.1, -0.05) is 50.6 Å². The second-order valence-electron chi connectivity index (χ2n) is 8.12. The van der Waals surface area contributed by atoms with Crippen LogP contribution < -0.4 is 10.6 Å². The van der Waals surface area contributed by atoms with E-state index in [9.17, 15) is 0 Å². The Bertz CT molecular complexity index is 763. The van der Waals surface area contributed by atoms with E-state index in [1.807, 2.05) is 0 Å². The normalized spacial score (nSPS) is 15.0. The van der Waals surface area contributed by atoms with Crippen molar-refractivity contribution in [2.24, 2.45) is 4.99 Å². The number of nitrogens with zero attached hydrogens (tertiary/aromatic N) is 4. The van der Waals surface area contributed by atoms with Gasteiger partial charge in [0, 0.05) is 37.9 Å². The maximum absolute atomic E-state index is 4.83. The highest BCUT2D eigenvalue weighted by atomic mass is 15.3. The summed E-state index contributed by atoms with van der Waals surface area (Å²) in [7, 11) is 0. The van der Waals surface area contributed by atoms with E-state index in [1.165, 1.54) is 24.8 Å². The zero-order chi connectivity index (χ0) is 19.8.